The maximum Gasteiger partial charge on any atom is 0.321 e. The molecule has 8 heteroatoms. The molecule has 0 aliphatic heterocycles. The Labute approximate surface area is 169 Å². The Morgan fingerprint density at radius 1 is 1.03 bits per heavy atom. The summed E-state index contributed by atoms with van der Waals surface area (Å²) in [5, 5.41) is 3.64. The molecule has 2 aromatic rings. The molecule has 0 spiro atoms. The first kappa shape index (κ1) is 20.8. The molecule has 0 bridgehead atoms. The fourth-order valence-electron chi connectivity index (χ4n) is 2.98. The average Bonchev–Trinajstić information content (AvgIpc) is 3.18. The summed E-state index contributed by atoms with van der Waals surface area (Å²) in [6.45, 7) is -1.05. The molecule has 0 atom stereocenters. The Balaban J connectivity index is 1.41. The first-order chi connectivity index (χ1) is 13.9. The fourth-order valence-corrected chi connectivity index (χ4v) is 3.74. The largest absolute Gasteiger partial charge is 0.455 e. The van der Waals surface area contributed by atoms with Crippen LogP contribution in [0.25, 0.3) is 6.08 Å². The van der Waals surface area contributed by atoms with E-state index >= 15 is 0 Å². The summed E-state index contributed by atoms with van der Waals surface area (Å²) in [7, 11) is -3.80. The van der Waals surface area contributed by atoms with Crippen molar-refractivity contribution >= 4 is 33.7 Å². The number of carbonyl (C=O) groups is 2. The molecule has 7 nitrogen and oxygen atoms in total. The van der Waals surface area contributed by atoms with E-state index in [2.05, 4.69) is 10.0 Å². The smallest absolute Gasteiger partial charge is 0.321 e. The van der Waals surface area contributed by atoms with E-state index in [-0.39, 0.29) is 0 Å². The van der Waals surface area contributed by atoms with Gasteiger partial charge >= 0.3 is 5.97 Å². The molecule has 0 aromatic heterocycles. The summed E-state index contributed by atoms with van der Waals surface area (Å²) in [5.41, 5.74) is 3.88. The van der Waals surface area contributed by atoms with Gasteiger partial charge in [-0.1, -0.05) is 36.4 Å². The lowest BCUT2D eigenvalue weighted by atomic mass is 10.1. The van der Waals surface area contributed by atoms with Crippen molar-refractivity contribution in [1.82, 2.24) is 4.72 Å². The summed E-state index contributed by atoms with van der Waals surface area (Å²) in [6.07, 6.45) is 4.57. The van der Waals surface area contributed by atoms with Crippen LogP contribution in [0.5, 0.6) is 0 Å². The highest BCUT2D eigenvalue weighted by Gasteiger charge is 2.14. The van der Waals surface area contributed by atoms with Gasteiger partial charge in [0, 0.05) is 11.1 Å². The predicted octanol–water partition coefficient (Wildman–Crippen LogP) is 2.25. The Morgan fingerprint density at radius 3 is 2.59 bits per heavy atom. The number of hydrogen-bond acceptors (Lipinski definition) is 5. The average molecular weight is 414 g/mol. The number of sulfonamides is 1. The monoisotopic (exact) mass is 414 g/mol. The van der Waals surface area contributed by atoms with Gasteiger partial charge in [0.2, 0.25) is 10.0 Å². The molecule has 0 saturated carbocycles. The summed E-state index contributed by atoms with van der Waals surface area (Å²) >= 11 is 0. The fraction of sp³-hybridized carbons (Fsp3) is 0.238. The maximum absolute atomic E-state index is 11.9. The molecule has 2 aromatic carbocycles. The number of benzene rings is 2. The van der Waals surface area contributed by atoms with Crippen LogP contribution < -0.4 is 10.0 Å². The summed E-state index contributed by atoms with van der Waals surface area (Å²) in [6, 6.07) is 14.6. The molecule has 0 unspecified atom stereocenters. The minimum Gasteiger partial charge on any atom is -0.455 e. The van der Waals surface area contributed by atoms with Crippen LogP contribution in [-0.4, -0.2) is 33.4 Å². The van der Waals surface area contributed by atoms with Crippen LogP contribution in [0, 0.1) is 0 Å². The van der Waals surface area contributed by atoms with Gasteiger partial charge in [-0.2, -0.15) is 0 Å². The molecule has 2 N–H and O–H groups in total. The Morgan fingerprint density at radius 2 is 1.79 bits per heavy atom. The first-order valence-corrected chi connectivity index (χ1v) is 10.8. The van der Waals surface area contributed by atoms with Gasteiger partial charge in [-0.25, -0.2) is 13.1 Å². The minimum atomic E-state index is -3.80. The van der Waals surface area contributed by atoms with E-state index in [1.54, 1.807) is 24.3 Å². The third-order valence-corrected chi connectivity index (χ3v) is 5.44. The number of fused-ring (bicyclic) bond motifs is 1. The Kier molecular flexibility index (Phi) is 6.79. The number of nitrogens with one attached hydrogen (secondary N) is 2. The van der Waals surface area contributed by atoms with Crippen molar-refractivity contribution in [1.29, 1.82) is 0 Å². The van der Waals surface area contributed by atoms with Gasteiger partial charge in [-0.3, -0.25) is 9.59 Å². The lowest BCUT2D eigenvalue weighted by Gasteiger charge is -2.08. The molecule has 152 valence electrons. The number of amides is 1. The molecule has 0 heterocycles. The van der Waals surface area contributed by atoms with E-state index in [9.17, 15) is 18.0 Å². The summed E-state index contributed by atoms with van der Waals surface area (Å²) in [4.78, 5) is 23.7. The molecular formula is C21H22N2O5S. The molecule has 0 saturated heterocycles. The highest BCUT2D eigenvalue weighted by atomic mass is 32.2. The van der Waals surface area contributed by atoms with Crippen LogP contribution in [-0.2, 0) is 37.2 Å². The minimum absolute atomic E-state index is 0.483. The van der Waals surface area contributed by atoms with Gasteiger partial charge in [0.1, 0.15) is 6.54 Å². The number of carbonyl (C=O) groups excluding carboxylic acids is 2. The van der Waals surface area contributed by atoms with Crippen molar-refractivity contribution in [3.8, 4) is 0 Å². The van der Waals surface area contributed by atoms with Crippen LogP contribution in [0.4, 0.5) is 5.69 Å². The molecular weight excluding hydrogens is 392 g/mol. The number of ether oxygens (including phenoxy) is 1. The molecule has 1 amide bonds. The number of aryl methyl sites for hydroxylation is 2. The van der Waals surface area contributed by atoms with Gasteiger partial charge < -0.3 is 10.1 Å². The van der Waals surface area contributed by atoms with Crippen molar-refractivity contribution in [2.75, 3.05) is 18.5 Å². The van der Waals surface area contributed by atoms with Crippen molar-refractivity contribution in [2.24, 2.45) is 0 Å². The van der Waals surface area contributed by atoms with Crippen LogP contribution in [0.15, 0.2) is 53.9 Å². The van der Waals surface area contributed by atoms with Gasteiger partial charge in [-0.15, -0.1) is 0 Å². The Hall–Kier alpha value is -2.97. The highest BCUT2D eigenvalue weighted by Crippen LogP contribution is 2.24. The highest BCUT2D eigenvalue weighted by molar-refractivity contribution is 7.92. The lowest BCUT2D eigenvalue weighted by molar-refractivity contribution is -0.146. The molecule has 29 heavy (non-hydrogen) atoms. The van der Waals surface area contributed by atoms with Gasteiger partial charge in [-0.05, 0) is 54.2 Å². The van der Waals surface area contributed by atoms with E-state index in [1.165, 1.54) is 17.2 Å². The molecule has 1 aliphatic rings. The van der Waals surface area contributed by atoms with E-state index < -0.39 is 35.1 Å². The zero-order chi connectivity index (χ0) is 20.7. The van der Waals surface area contributed by atoms with Crippen LogP contribution in [0.1, 0.15) is 23.1 Å². The standard InChI is InChI=1S/C21H22N2O5S/c24-20(23-19-10-9-17-7-4-8-18(17)13-19)15-28-21(25)14-22-29(26,27)12-11-16-5-2-1-3-6-16/h1-3,5-6,9-13,22H,4,7-8,14-15H2,(H,23,24)/b12-11+. The van der Waals surface area contributed by atoms with Crippen LogP contribution in [0.2, 0.25) is 0 Å². The number of anilines is 1. The lowest BCUT2D eigenvalue weighted by Crippen LogP contribution is -2.31. The van der Waals surface area contributed by atoms with Crippen molar-refractivity contribution in [3.63, 3.8) is 0 Å². The first-order valence-electron chi connectivity index (χ1n) is 9.21. The number of hydrogen-bond donors (Lipinski definition) is 2. The SMILES string of the molecule is O=C(COC(=O)CNS(=O)(=O)/C=C/c1ccccc1)Nc1ccc2c(c1)CCC2. The third kappa shape index (κ3) is 6.55. The van der Waals surface area contributed by atoms with Gasteiger partial charge in [0.05, 0.1) is 0 Å². The molecule has 1 aliphatic carbocycles. The number of rotatable bonds is 8. The predicted molar refractivity (Wildman–Crippen MR) is 110 cm³/mol. The van der Waals surface area contributed by atoms with Crippen LogP contribution in [0.3, 0.4) is 0 Å². The second-order valence-corrected chi connectivity index (χ2v) is 8.28. The third-order valence-electron chi connectivity index (χ3n) is 4.40. The molecule has 0 fully saturated rings. The zero-order valence-corrected chi connectivity index (χ0v) is 16.6. The maximum atomic E-state index is 11.9. The van der Waals surface area contributed by atoms with E-state index in [0.29, 0.717) is 11.3 Å². The Bertz CT molecular complexity index is 1020. The van der Waals surface area contributed by atoms with E-state index in [1.807, 2.05) is 24.3 Å². The second kappa shape index (κ2) is 9.49. The number of esters is 1. The zero-order valence-electron chi connectivity index (χ0n) is 15.8. The van der Waals surface area contributed by atoms with Gasteiger partial charge in [0.25, 0.3) is 5.91 Å². The van der Waals surface area contributed by atoms with Crippen molar-refractivity contribution in [2.45, 2.75) is 19.3 Å². The quantitative estimate of drug-likeness (QED) is 0.645. The van der Waals surface area contributed by atoms with Crippen molar-refractivity contribution < 1.29 is 22.7 Å². The van der Waals surface area contributed by atoms with E-state index in [4.69, 9.17) is 4.74 Å². The van der Waals surface area contributed by atoms with Crippen molar-refractivity contribution in [3.05, 3.63) is 70.6 Å². The summed E-state index contributed by atoms with van der Waals surface area (Å²) in [5.74, 6) is -1.33. The van der Waals surface area contributed by atoms with Crippen LogP contribution >= 0.6 is 0 Å². The summed E-state index contributed by atoms with van der Waals surface area (Å²) < 4.78 is 30.7. The topological polar surface area (TPSA) is 102 Å². The molecule has 3 rings (SSSR count). The normalized spacial score (nSPS) is 13.2. The van der Waals surface area contributed by atoms with Gasteiger partial charge in [0.15, 0.2) is 6.61 Å². The second-order valence-electron chi connectivity index (χ2n) is 6.63. The van der Waals surface area contributed by atoms with E-state index in [0.717, 1.165) is 24.7 Å². The molecule has 0 radical (unpaired) electrons.